The van der Waals surface area contributed by atoms with Crippen molar-refractivity contribution in [2.24, 2.45) is 0 Å². The summed E-state index contributed by atoms with van der Waals surface area (Å²) in [5.74, 6) is 2.01. The summed E-state index contributed by atoms with van der Waals surface area (Å²) in [4.78, 5) is 16.8. The molecular formula is C19H24N2O3S. The van der Waals surface area contributed by atoms with Gasteiger partial charge in [-0.25, -0.2) is 4.98 Å². The van der Waals surface area contributed by atoms with Crippen LogP contribution in [-0.2, 0) is 0 Å². The molecule has 1 aromatic carbocycles. The molecule has 0 bridgehead atoms. The van der Waals surface area contributed by atoms with Gasteiger partial charge in [0.05, 0.1) is 30.0 Å². The summed E-state index contributed by atoms with van der Waals surface area (Å²) >= 11 is 1.64. The minimum atomic E-state index is -0.228. The number of carbonyl (C=O) groups is 1. The Labute approximate surface area is 153 Å². The maximum absolute atomic E-state index is 12.5. The number of rotatable bonds is 9. The van der Waals surface area contributed by atoms with Gasteiger partial charge in [0.2, 0.25) is 0 Å². The molecule has 0 fully saturated rings. The Morgan fingerprint density at radius 1 is 1.24 bits per heavy atom. The first-order valence-corrected chi connectivity index (χ1v) is 9.37. The highest BCUT2D eigenvalue weighted by Gasteiger charge is 2.12. The summed E-state index contributed by atoms with van der Waals surface area (Å²) in [6.07, 6.45) is 3.59. The smallest absolute Gasteiger partial charge is 0.257 e. The maximum Gasteiger partial charge on any atom is 0.257 e. The molecule has 2 rings (SSSR count). The summed E-state index contributed by atoms with van der Waals surface area (Å²) in [7, 11) is 1.59. The third-order valence-corrected chi connectivity index (χ3v) is 4.31. The van der Waals surface area contributed by atoms with Crippen LogP contribution in [-0.4, -0.2) is 30.4 Å². The summed E-state index contributed by atoms with van der Waals surface area (Å²) in [5.41, 5.74) is 1.09. The average Bonchev–Trinajstić information content (AvgIpc) is 2.64. The molecule has 2 aromatic rings. The Morgan fingerprint density at radius 2 is 2.08 bits per heavy atom. The van der Waals surface area contributed by atoms with Crippen molar-refractivity contribution in [2.45, 2.75) is 31.7 Å². The number of carbonyl (C=O) groups excluding carboxylic acids is 1. The van der Waals surface area contributed by atoms with Crippen molar-refractivity contribution in [3.8, 4) is 11.5 Å². The van der Waals surface area contributed by atoms with Gasteiger partial charge in [-0.05, 0) is 36.4 Å². The van der Waals surface area contributed by atoms with E-state index in [1.54, 1.807) is 37.2 Å². The van der Waals surface area contributed by atoms with Crippen molar-refractivity contribution in [1.82, 2.24) is 4.98 Å². The van der Waals surface area contributed by atoms with E-state index in [1.807, 2.05) is 18.2 Å². The lowest BCUT2D eigenvalue weighted by molar-refractivity contribution is 0.102. The fourth-order valence-corrected chi connectivity index (χ4v) is 2.72. The van der Waals surface area contributed by atoms with Crippen molar-refractivity contribution >= 4 is 23.4 Å². The van der Waals surface area contributed by atoms with Gasteiger partial charge in [-0.1, -0.05) is 20.3 Å². The first kappa shape index (κ1) is 19.1. The van der Waals surface area contributed by atoms with Gasteiger partial charge < -0.3 is 14.8 Å². The molecule has 0 aliphatic carbocycles. The quantitative estimate of drug-likeness (QED) is 0.522. The van der Waals surface area contributed by atoms with Crippen LogP contribution in [0.1, 0.15) is 37.0 Å². The topological polar surface area (TPSA) is 60.5 Å². The molecule has 0 saturated heterocycles. The van der Waals surface area contributed by atoms with E-state index < -0.39 is 0 Å². The van der Waals surface area contributed by atoms with Gasteiger partial charge >= 0.3 is 0 Å². The number of nitrogens with one attached hydrogen (secondary N) is 1. The lowest BCUT2D eigenvalue weighted by Gasteiger charge is -2.14. The zero-order valence-electron chi connectivity index (χ0n) is 14.9. The predicted octanol–water partition coefficient (Wildman–Crippen LogP) is 4.63. The van der Waals surface area contributed by atoms with Crippen LogP contribution in [0.2, 0.25) is 0 Å². The molecule has 0 radical (unpaired) electrons. The molecule has 0 atom stereocenters. The van der Waals surface area contributed by atoms with Crippen molar-refractivity contribution in [3.05, 3.63) is 42.1 Å². The number of thioether (sulfide) groups is 1. The van der Waals surface area contributed by atoms with Crippen LogP contribution in [0.5, 0.6) is 11.5 Å². The van der Waals surface area contributed by atoms with Crippen LogP contribution in [0, 0.1) is 0 Å². The lowest BCUT2D eigenvalue weighted by Crippen LogP contribution is -2.13. The van der Waals surface area contributed by atoms with E-state index in [9.17, 15) is 4.79 Å². The van der Waals surface area contributed by atoms with Crippen LogP contribution < -0.4 is 14.8 Å². The van der Waals surface area contributed by atoms with E-state index in [2.05, 4.69) is 24.1 Å². The highest BCUT2D eigenvalue weighted by molar-refractivity contribution is 7.99. The van der Waals surface area contributed by atoms with Gasteiger partial charge in [-0.3, -0.25) is 4.79 Å². The Morgan fingerprint density at radius 3 is 2.72 bits per heavy atom. The average molecular weight is 360 g/mol. The first-order chi connectivity index (χ1) is 12.2. The molecule has 1 N–H and O–H groups in total. The van der Waals surface area contributed by atoms with E-state index in [0.717, 1.165) is 23.6 Å². The number of pyridine rings is 1. The fraction of sp³-hybridized carbons (Fsp3) is 0.368. The zero-order valence-corrected chi connectivity index (χ0v) is 15.7. The Hall–Kier alpha value is -2.21. The number of aromatic nitrogens is 1. The van der Waals surface area contributed by atoms with E-state index in [1.165, 1.54) is 0 Å². The number of nitrogens with zero attached hydrogens (tertiary/aromatic N) is 1. The largest absolute Gasteiger partial charge is 0.497 e. The molecule has 0 aliphatic rings. The number of hydrogen-bond donors (Lipinski definition) is 1. The number of unbranched alkanes of at least 4 members (excludes halogenated alkanes) is 1. The third-order valence-electron chi connectivity index (χ3n) is 3.48. The van der Waals surface area contributed by atoms with Crippen LogP contribution in [0.25, 0.3) is 0 Å². The van der Waals surface area contributed by atoms with Crippen molar-refractivity contribution < 1.29 is 14.3 Å². The summed E-state index contributed by atoms with van der Waals surface area (Å²) in [5, 5.41) is 3.80. The van der Waals surface area contributed by atoms with Crippen LogP contribution >= 0.6 is 11.8 Å². The van der Waals surface area contributed by atoms with Crippen molar-refractivity contribution in [1.29, 1.82) is 0 Å². The van der Waals surface area contributed by atoms with Crippen molar-refractivity contribution in [3.63, 3.8) is 0 Å². The summed E-state index contributed by atoms with van der Waals surface area (Å²) in [6, 6.07) is 9.01. The molecule has 5 nitrogen and oxygen atoms in total. The van der Waals surface area contributed by atoms with E-state index in [-0.39, 0.29) is 5.91 Å². The summed E-state index contributed by atoms with van der Waals surface area (Å²) < 4.78 is 11.0. The van der Waals surface area contributed by atoms with E-state index >= 15 is 0 Å². The van der Waals surface area contributed by atoms with E-state index in [0.29, 0.717) is 29.4 Å². The molecule has 1 amide bonds. The SMILES string of the molecule is CCCCOc1ccc(OC)cc1NC(=O)c1ccc(SCC)nc1. The second kappa shape index (κ2) is 9.93. The second-order valence-corrected chi connectivity index (χ2v) is 6.62. The molecule has 25 heavy (non-hydrogen) atoms. The first-order valence-electron chi connectivity index (χ1n) is 8.39. The van der Waals surface area contributed by atoms with Gasteiger partial charge in [0, 0.05) is 12.3 Å². The van der Waals surface area contributed by atoms with Crippen molar-refractivity contribution in [2.75, 3.05) is 24.8 Å². The van der Waals surface area contributed by atoms with Gasteiger partial charge in [-0.2, -0.15) is 0 Å². The lowest BCUT2D eigenvalue weighted by atomic mass is 10.2. The molecule has 1 aromatic heterocycles. The van der Waals surface area contributed by atoms with Gasteiger partial charge in [0.25, 0.3) is 5.91 Å². The number of anilines is 1. The number of hydrogen-bond acceptors (Lipinski definition) is 5. The predicted molar refractivity (Wildman–Crippen MR) is 102 cm³/mol. The number of amides is 1. The normalized spacial score (nSPS) is 10.4. The highest BCUT2D eigenvalue weighted by Crippen LogP contribution is 2.30. The molecule has 0 aliphatic heterocycles. The number of benzene rings is 1. The Bertz CT molecular complexity index is 690. The minimum Gasteiger partial charge on any atom is -0.497 e. The monoisotopic (exact) mass is 360 g/mol. The number of ether oxygens (including phenoxy) is 2. The third kappa shape index (κ3) is 5.67. The fourth-order valence-electron chi connectivity index (χ4n) is 2.13. The van der Waals surface area contributed by atoms with Crippen LogP contribution in [0.4, 0.5) is 5.69 Å². The molecule has 0 spiro atoms. The zero-order chi connectivity index (χ0) is 18.1. The Kier molecular flexibility index (Phi) is 7.60. The van der Waals surface area contributed by atoms with Gasteiger partial charge in [0.1, 0.15) is 11.5 Å². The second-order valence-electron chi connectivity index (χ2n) is 5.34. The van der Waals surface area contributed by atoms with Gasteiger partial charge in [-0.15, -0.1) is 11.8 Å². The minimum absolute atomic E-state index is 0.228. The molecule has 134 valence electrons. The molecule has 0 unspecified atom stereocenters. The molecular weight excluding hydrogens is 336 g/mol. The van der Waals surface area contributed by atoms with Crippen LogP contribution in [0.15, 0.2) is 41.6 Å². The van der Waals surface area contributed by atoms with Crippen LogP contribution in [0.3, 0.4) is 0 Å². The standard InChI is InChI=1S/C19H24N2O3S/c1-4-6-11-24-17-9-8-15(23-3)12-16(17)21-19(22)14-7-10-18(20-13-14)25-5-2/h7-10,12-13H,4-6,11H2,1-3H3,(H,21,22). The summed E-state index contributed by atoms with van der Waals surface area (Å²) in [6.45, 7) is 4.78. The Balaban J connectivity index is 2.14. The highest BCUT2D eigenvalue weighted by atomic mass is 32.2. The molecule has 1 heterocycles. The molecule has 6 heteroatoms. The number of methoxy groups -OCH3 is 1. The van der Waals surface area contributed by atoms with E-state index in [4.69, 9.17) is 9.47 Å². The maximum atomic E-state index is 12.5. The molecule has 0 saturated carbocycles. The van der Waals surface area contributed by atoms with Gasteiger partial charge in [0.15, 0.2) is 0 Å².